The lowest BCUT2D eigenvalue weighted by molar-refractivity contribution is -0.183. The number of carbonyl (C=O) groups excluding carboxylic acids is 1. The van der Waals surface area contributed by atoms with Gasteiger partial charge in [-0.15, -0.1) is 0 Å². The van der Waals surface area contributed by atoms with Gasteiger partial charge in [-0.1, -0.05) is 12.1 Å². The van der Waals surface area contributed by atoms with Gasteiger partial charge in [0.25, 0.3) is 0 Å². The minimum atomic E-state index is -0.498. The molecule has 1 aromatic rings. The monoisotopic (exact) mass is 372 g/mol. The Kier molecular flexibility index (Phi) is 5.18. The largest absolute Gasteiger partial charge is 0.444 e. The van der Waals surface area contributed by atoms with E-state index in [1.807, 2.05) is 25.7 Å². The fourth-order valence-corrected chi connectivity index (χ4v) is 4.11. The lowest BCUT2D eigenvalue weighted by Crippen LogP contribution is -2.37. The molecule has 3 heterocycles. The summed E-state index contributed by atoms with van der Waals surface area (Å²) in [7, 11) is 1.74. The zero-order chi connectivity index (χ0) is 19.0. The van der Waals surface area contributed by atoms with Crippen LogP contribution in [0, 0.1) is 0 Å². The number of hydrogen-bond donors (Lipinski definition) is 0. The molecule has 0 spiro atoms. The molecule has 1 radical (unpaired) electrons. The predicted octanol–water partition coefficient (Wildman–Crippen LogP) is 3.45. The molecule has 1 unspecified atom stereocenters. The maximum Gasteiger partial charge on any atom is 0.410 e. The lowest BCUT2D eigenvalue weighted by Gasteiger charge is -2.32. The SMILES string of the molecule is CC(C)(C)OC(=O)N1CCC[C@H]1c1cc(C2[B]OOC2)cc2c1COCC2. The van der Waals surface area contributed by atoms with Gasteiger partial charge in [0.05, 0.1) is 25.9 Å². The van der Waals surface area contributed by atoms with Crippen molar-refractivity contribution in [2.45, 2.75) is 64.1 Å². The fraction of sp³-hybridized carbons (Fsp3) is 0.650. The molecule has 2 atom stereocenters. The summed E-state index contributed by atoms with van der Waals surface area (Å²) in [6.45, 7) is 8.30. The quantitative estimate of drug-likeness (QED) is 0.588. The average Bonchev–Trinajstić information content (AvgIpc) is 3.31. The summed E-state index contributed by atoms with van der Waals surface area (Å²) in [6.07, 6.45) is 2.58. The molecule has 0 N–H and O–H groups in total. The first-order valence-corrected chi connectivity index (χ1v) is 9.77. The highest BCUT2D eigenvalue weighted by Gasteiger charge is 2.36. The predicted molar refractivity (Wildman–Crippen MR) is 100 cm³/mol. The van der Waals surface area contributed by atoms with Gasteiger partial charge in [0.1, 0.15) is 5.60 Å². The molecule has 3 aliphatic heterocycles. The first-order valence-electron chi connectivity index (χ1n) is 9.77. The number of fused-ring (bicyclic) bond motifs is 1. The van der Waals surface area contributed by atoms with Crippen molar-refractivity contribution in [1.82, 2.24) is 4.90 Å². The fourth-order valence-electron chi connectivity index (χ4n) is 4.11. The van der Waals surface area contributed by atoms with E-state index in [0.717, 1.165) is 32.4 Å². The van der Waals surface area contributed by atoms with Crippen LogP contribution >= 0.6 is 0 Å². The Bertz CT molecular complexity index is 711. The van der Waals surface area contributed by atoms with Crippen molar-refractivity contribution in [3.8, 4) is 0 Å². The molecule has 4 rings (SSSR count). The summed E-state index contributed by atoms with van der Waals surface area (Å²) in [5, 5.41) is 0. The minimum absolute atomic E-state index is 0.0264. The van der Waals surface area contributed by atoms with Gasteiger partial charge < -0.3 is 19.2 Å². The van der Waals surface area contributed by atoms with Gasteiger partial charge in [-0.25, -0.2) is 4.79 Å². The number of carbonyl (C=O) groups is 1. The van der Waals surface area contributed by atoms with E-state index in [0.29, 0.717) is 13.2 Å². The molecule has 3 aliphatic rings. The number of hydrogen-bond acceptors (Lipinski definition) is 5. The molecule has 1 amide bonds. The average molecular weight is 372 g/mol. The van der Waals surface area contributed by atoms with E-state index in [4.69, 9.17) is 19.2 Å². The zero-order valence-corrected chi connectivity index (χ0v) is 16.3. The number of benzene rings is 1. The van der Waals surface area contributed by atoms with E-state index >= 15 is 0 Å². The van der Waals surface area contributed by atoms with Gasteiger partial charge in [0.2, 0.25) is 0 Å². The Morgan fingerprint density at radius 2 is 2.19 bits per heavy atom. The molecule has 0 bridgehead atoms. The third-order valence-electron chi connectivity index (χ3n) is 5.36. The van der Waals surface area contributed by atoms with E-state index in [-0.39, 0.29) is 18.0 Å². The van der Waals surface area contributed by atoms with Gasteiger partial charge in [0, 0.05) is 12.4 Å². The molecule has 0 aliphatic carbocycles. The van der Waals surface area contributed by atoms with Crippen LogP contribution in [0.5, 0.6) is 0 Å². The molecule has 2 fully saturated rings. The van der Waals surface area contributed by atoms with E-state index in [2.05, 4.69) is 12.1 Å². The van der Waals surface area contributed by atoms with Crippen LogP contribution in [0.1, 0.15) is 67.7 Å². The molecule has 27 heavy (non-hydrogen) atoms. The van der Waals surface area contributed by atoms with E-state index in [9.17, 15) is 4.79 Å². The topological polar surface area (TPSA) is 57.2 Å². The van der Waals surface area contributed by atoms with Crippen molar-refractivity contribution < 1.29 is 24.0 Å². The molecule has 0 saturated carbocycles. The summed E-state index contributed by atoms with van der Waals surface area (Å²) in [5.74, 6) is 0.119. The van der Waals surface area contributed by atoms with Crippen molar-refractivity contribution in [3.63, 3.8) is 0 Å². The van der Waals surface area contributed by atoms with Crippen molar-refractivity contribution in [2.75, 3.05) is 19.8 Å². The second-order valence-electron chi connectivity index (χ2n) is 8.51. The first-order chi connectivity index (χ1) is 12.9. The van der Waals surface area contributed by atoms with Crippen molar-refractivity contribution in [3.05, 3.63) is 34.4 Å². The third kappa shape index (κ3) is 4.00. The molecular weight excluding hydrogens is 345 g/mol. The van der Waals surface area contributed by atoms with Gasteiger partial charge in [-0.2, -0.15) is 0 Å². The van der Waals surface area contributed by atoms with E-state index < -0.39 is 5.60 Å². The number of amides is 1. The van der Waals surface area contributed by atoms with Gasteiger partial charge >= 0.3 is 13.6 Å². The minimum Gasteiger partial charge on any atom is -0.444 e. The van der Waals surface area contributed by atoms with Gasteiger partial charge in [-0.3, -0.25) is 4.89 Å². The van der Waals surface area contributed by atoms with Gasteiger partial charge in [0.15, 0.2) is 0 Å². The number of ether oxygens (including phenoxy) is 2. The Morgan fingerprint density at radius 1 is 1.33 bits per heavy atom. The summed E-state index contributed by atoms with van der Waals surface area (Å²) in [5.41, 5.74) is 4.41. The highest BCUT2D eigenvalue weighted by atomic mass is 17.2. The van der Waals surface area contributed by atoms with Crippen LogP contribution < -0.4 is 0 Å². The second kappa shape index (κ2) is 7.45. The molecule has 6 nitrogen and oxygen atoms in total. The molecule has 145 valence electrons. The summed E-state index contributed by atoms with van der Waals surface area (Å²) < 4.78 is 11.4. The Morgan fingerprint density at radius 3 is 2.93 bits per heavy atom. The van der Waals surface area contributed by atoms with Crippen LogP contribution in [0.15, 0.2) is 12.1 Å². The van der Waals surface area contributed by atoms with Crippen molar-refractivity contribution in [1.29, 1.82) is 0 Å². The van der Waals surface area contributed by atoms with E-state index in [1.54, 1.807) is 7.48 Å². The van der Waals surface area contributed by atoms with Crippen LogP contribution in [0.3, 0.4) is 0 Å². The number of nitrogens with zero attached hydrogens (tertiary/aromatic N) is 1. The summed E-state index contributed by atoms with van der Waals surface area (Å²) >= 11 is 0. The smallest absolute Gasteiger partial charge is 0.410 e. The van der Waals surface area contributed by atoms with Crippen LogP contribution in [0.2, 0.25) is 0 Å². The third-order valence-corrected chi connectivity index (χ3v) is 5.36. The maximum absolute atomic E-state index is 12.8. The first kappa shape index (κ1) is 18.8. The second-order valence-corrected chi connectivity index (χ2v) is 8.51. The van der Waals surface area contributed by atoms with Crippen LogP contribution in [0.4, 0.5) is 4.79 Å². The van der Waals surface area contributed by atoms with Gasteiger partial charge in [-0.05, 0) is 62.3 Å². The van der Waals surface area contributed by atoms with Crippen molar-refractivity contribution in [2.24, 2.45) is 0 Å². The normalized spacial score (nSPS) is 25.2. The maximum atomic E-state index is 12.8. The molecular formula is C20H27BNO5. The molecule has 7 heteroatoms. The molecule has 1 aromatic carbocycles. The lowest BCUT2D eigenvalue weighted by atomic mass is 9.74. The van der Waals surface area contributed by atoms with E-state index in [1.165, 1.54) is 22.3 Å². The molecule has 0 aromatic heterocycles. The zero-order valence-electron chi connectivity index (χ0n) is 16.3. The highest BCUT2D eigenvalue weighted by Crippen LogP contribution is 2.39. The Hall–Kier alpha value is -1.57. The standard InChI is InChI=1S/C20H27BNO5/c1-20(2,3)26-19(23)22-7-4-5-18(22)15-10-14(17-12-25-27-21-17)9-13-6-8-24-11-16(13)15/h9-10,17-18H,4-8,11-12H2,1-3H3/t17?,18-/m0/s1. The van der Waals surface area contributed by atoms with Crippen LogP contribution in [-0.2, 0) is 32.2 Å². The van der Waals surface area contributed by atoms with Crippen molar-refractivity contribution >= 4 is 13.6 Å². The van der Waals surface area contributed by atoms with Crippen LogP contribution in [-0.4, -0.2) is 43.8 Å². The molecule has 2 saturated heterocycles. The highest BCUT2D eigenvalue weighted by molar-refractivity contribution is 6.30. The number of likely N-dealkylation sites (tertiary alicyclic amines) is 1. The Balaban J connectivity index is 1.68. The Labute approximate surface area is 161 Å². The number of rotatable bonds is 2. The van der Waals surface area contributed by atoms with Crippen LogP contribution in [0.25, 0.3) is 0 Å². The summed E-state index contributed by atoms with van der Waals surface area (Å²) in [4.78, 5) is 24.7. The summed E-state index contributed by atoms with van der Waals surface area (Å²) in [6, 6.07) is 4.48.